The van der Waals surface area contributed by atoms with E-state index in [0.29, 0.717) is 13.1 Å². The Labute approximate surface area is 135 Å². The molecule has 0 saturated carbocycles. The Morgan fingerprint density at radius 1 is 1.26 bits per heavy atom. The third kappa shape index (κ3) is 3.16. The maximum atomic E-state index is 13.1. The van der Waals surface area contributed by atoms with Crippen molar-refractivity contribution >= 4 is 10.0 Å². The van der Waals surface area contributed by atoms with Crippen LogP contribution in [0.4, 0.5) is 4.39 Å². The second kappa shape index (κ2) is 6.41. The first-order valence-electron chi connectivity index (χ1n) is 7.82. The van der Waals surface area contributed by atoms with Crippen LogP contribution in [0.1, 0.15) is 37.8 Å². The Morgan fingerprint density at radius 3 is 2.65 bits per heavy atom. The molecule has 1 aromatic heterocycles. The van der Waals surface area contributed by atoms with Crippen LogP contribution in [0.15, 0.2) is 41.6 Å². The van der Waals surface area contributed by atoms with E-state index in [4.69, 9.17) is 0 Å². The number of hydrogen-bond donors (Lipinski definition) is 0. The summed E-state index contributed by atoms with van der Waals surface area (Å²) in [5, 5.41) is 4.07. The van der Waals surface area contributed by atoms with Gasteiger partial charge in [-0.25, -0.2) is 12.8 Å². The molecule has 0 bridgehead atoms. The van der Waals surface area contributed by atoms with Gasteiger partial charge in [0.05, 0.1) is 12.2 Å². The van der Waals surface area contributed by atoms with E-state index in [-0.39, 0.29) is 16.8 Å². The van der Waals surface area contributed by atoms with Crippen molar-refractivity contribution in [3.05, 3.63) is 48.0 Å². The number of aromatic nitrogens is 2. The fourth-order valence-electron chi connectivity index (χ4n) is 3.00. The van der Waals surface area contributed by atoms with E-state index >= 15 is 0 Å². The standard InChI is InChI=1S/C16H20FN3O2S/c1-2-19-12-15(11-18-19)23(21,22)20-10-4-3-5-16(20)13-6-8-14(17)9-7-13/h6-9,11-12,16H,2-5,10H2,1H3/t16-/m1/s1. The van der Waals surface area contributed by atoms with Crippen LogP contribution in [0.25, 0.3) is 0 Å². The van der Waals surface area contributed by atoms with Crippen molar-refractivity contribution < 1.29 is 12.8 Å². The number of piperidine rings is 1. The van der Waals surface area contributed by atoms with Crippen LogP contribution in [0.3, 0.4) is 0 Å². The average Bonchev–Trinajstić information content (AvgIpc) is 3.05. The van der Waals surface area contributed by atoms with Gasteiger partial charge in [0.1, 0.15) is 10.7 Å². The summed E-state index contributed by atoms with van der Waals surface area (Å²) in [4.78, 5) is 0.216. The molecule has 2 aromatic rings. The Morgan fingerprint density at radius 2 is 2.00 bits per heavy atom. The summed E-state index contributed by atoms with van der Waals surface area (Å²) in [6.07, 6.45) is 5.49. The summed E-state index contributed by atoms with van der Waals surface area (Å²) in [6.45, 7) is 3.00. The van der Waals surface area contributed by atoms with Crippen LogP contribution in [0.2, 0.25) is 0 Å². The third-order valence-corrected chi connectivity index (χ3v) is 6.11. The number of rotatable bonds is 4. The zero-order valence-electron chi connectivity index (χ0n) is 13.0. The maximum absolute atomic E-state index is 13.1. The lowest BCUT2D eigenvalue weighted by Gasteiger charge is -2.34. The van der Waals surface area contributed by atoms with Gasteiger partial charge in [0, 0.05) is 19.3 Å². The van der Waals surface area contributed by atoms with Crippen molar-refractivity contribution in [2.24, 2.45) is 0 Å². The molecule has 0 radical (unpaired) electrons. The smallest absolute Gasteiger partial charge is 0.246 e. The molecule has 1 aliphatic heterocycles. The molecule has 0 aliphatic carbocycles. The van der Waals surface area contributed by atoms with Gasteiger partial charge >= 0.3 is 0 Å². The molecule has 5 nitrogen and oxygen atoms in total. The topological polar surface area (TPSA) is 55.2 Å². The number of sulfonamides is 1. The molecule has 7 heteroatoms. The van der Waals surface area contributed by atoms with Crippen LogP contribution >= 0.6 is 0 Å². The molecule has 1 atom stereocenters. The van der Waals surface area contributed by atoms with Gasteiger partial charge in [-0.3, -0.25) is 4.68 Å². The molecule has 0 N–H and O–H groups in total. The molecular weight excluding hydrogens is 317 g/mol. The SMILES string of the molecule is CCn1cc(S(=O)(=O)N2CCCC[C@@H]2c2ccc(F)cc2)cn1. The van der Waals surface area contributed by atoms with Crippen LogP contribution in [0.5, 0.6) is 0 Å². The average molecular weight is 337 g/mol. The van der Waals surface area contributed by atoms with E-state index in [1.165, 1.54) is 22.6 Å². The fourth-order valence-corrected chi connectivity index (χ4v) is 4.63. The van der Waals surface area contributed by atoms with Crippen molar-refractivity contribution in [2.75, 3.05) is 6.54 Å². The lowest BCUT2D eigenvalue weighted by Crippen LogP contribution is -2.38. The van der Waals surface area contributed by atoms with Gasteiger partial charge in [0.15, 0.2) is 0 Å². The fraction of sp³-hybridized carbons (Fsp3) is 0.438. The summed E-state index contributed by atoms with van der Waals surface area (Å²) in [7, 11) is -3.60. The normalized spacial score (nSPS) is 19.8. The first-order chi connectivity index (χ1) is 11.0. The molecule has 0 unspecified atom stereocenters. The minimum Gasteiger partial charge on any atom is -0.272 e. The molecule has 1 fully saturated rings. The molecule has 1 saturated heterocycles. The molecule has 0 amide bonds. The predicted octanol–water partition coefficient (Wildman–Crippen LogP) is 2.96. The van der Waals surface area contributed by atoms with Crippen LogP contribution in [-0.2, 0) is 16.6 Å². The third-order valence-electron chi connectivity index (χ3n) is 4.25. The molecule has 23 heavy (non-hydrogen) atoms. The van der Waals surface area contributed by atoms with E-state index in [9.17, 15) is 12.8 Å². The molecule has 1 aliphatic rings. The number of benzene rings is 1. The van der Waals surface area contributed by atoms with Gasteiger partial charge in [-0.1, -0.05) is 18.6 Å². The zero-order chi connectivity index (χ0) is 16.4. The minimum absolute atomic E-state index is 0.216. The van der Waals surface area contributed by atoms with Gasteiger partial charge in [0.2, 0.25) is 10.0 Å². The van der Waals surface area contributed by atoms with Crippen molar-refractivity contribution in [3.63, 3.8) is 0 Å². The summed E-state index contributed by atoms with van der Waals surface area (Å²) in [5.41, 5.74) is 0.831. The Balaban J connectivity index is 1.95. The monoisotopic (exact) mass is 337 g/mol. The highest BCUT2D eigenvalue weighted by atomic mass is 32.2. The Bertz CT molecular complexity index is 771. The quantitative estimate of drug-likeness (QED) is 0.862. The summed E-state index contributed by atoms with van der Waals surface area (Å²) in [6, 6.07) is 5.85. The number of hydrogen-bond acceptors (Lipinski definition) is 3. The number of aryl methyl sites for hydroxylation is 1. The van der Waals surface area contributed by atoms with E-state index < -0.39 is 10.0 Å². The van der Waals surface area contributed by atoms with E-state index in [0.717, 1.165) is 24.8 Å². The van der Waals surface area contributed by atoms with Gasteiger partial charge < -0.3 is 0 Å². The summed E-state index contributed by atoms with van der Waals surface area (Å²) < 4.78 is 42.2. The van der Waals surface area contributed by atoms with Crippen molar-refractivity contribution in [3.8, 4) is 0 Å². The van der Waals surface area contributed by atoms with Crippen LogP contribution in [0, 0.1) is 5.82 Å². The van der Waals surface area contributed by atoms with E-state index in [2.05, 4.69) is 5.10 Å². The van der Waals surface area contributed by atoms with Gasteiger partial charge in [0.25, 0.3) is 0 Å². The van der Waals surface area contributed by atoms with Gasteiger partial charge in [-0.05, 0) is 37.5 Å². The van der Waals surface area contributed by atoms with E-state index in [1.807, 2.05) is 6.92 Å². The lowest BCUT2D eigenvalue weighted by molar-refractivity contribution is 0.256. The van der Waals surface area contributed by atoms with Crippen molar-refractivity contribution in [2.45, 2.75) is 43.7 Å². The summed E-state index contributed by atoms with van der Waals surface area (Å²) in [5.74, 6) is -0.316. The molecule has 3 rings (SSSR count). The molecule has 2 heterocycles. The zero-order valence-corrected chi connectivity index (χ0v) is 13.8. The predicted molar refractivity (Wildman–Crippen MR) is 84.8 cm³/mol. The Hall–Kier alpha value is -1.73. The first kappa shape index (κ1) is 16.1. The van der Waals surface area contributed by atoms with Crippen molar-refractivity contribution in [1.29, 1.82) is 0 Å². The second-order valence-electron chi connectivity index (χ2n) is 5.71. The molecule has 1 aromatic carbocycles. The van der Waals surface area contributed by atoms with Gasteiger partial charge in [-0.2, -0.15) is 9.40 Å². The molecular formula is C16H20FN3O2S. The lowest BCUT2D eigenvalue weighted by atomic mass is 9.97. The number of nitrogens with zero attached hydrogens (tertiary/aromatic N) is 3. The second-order valence-corrected chi connectivity index (χ2v) is 7.60. The highest BCUT2D eigenvalue weighted by Crippen LogP contribution is 2.35. The molecule has 124 valence electrons. The first-order valence-corrected chi connectivity index (χ1v) is 9.26. The Kier molecular flexibility index (Phi) is 4.50. The summed E-state index contributed by atoms with van der Waals surface area (Å²) >= 11 is 0. The van der Waals surface area contributed by atoms with Crippen LogP contribution in [-0.4, -0.2) is 29.0 Å². The van der Waals surface area contributed by atoms with Crippen LogP contribution < -0.4 is 0 Å². The van der Waals surface area contributed by atoms with Crippen molar-refractivity contribution in [1.82, 2.24) is 14.1 Å². The van der Waals surface area contributed by atoms with Gasteiger partial charge in [-0.15, -0.1) is 0 Å². The largest absolute Gasteiger partial charge is 0.272 e. The van der Waals surface area contributed by atoms with E-state index in [1.54, 1.807) is 23.0 Å². The number of halogens is 1. The minimum atomic E-state index is -3.60. The molecule has 0 spiro atoms. The maximum Gasteiger partial charge on any atom is 0.246 e. The highest BCUT2D eigenvalue weighted by molar-refractivity contribution is 7.89. The highest BCUT2D eigenvalue weighted by Gasteiger charge is 2.35.